The first-order valence-electron chi connectivity index (χ1n) is 9.01. The largest absolute Gasteiger partial charge is 0.480 e. The van der Waals surface area contributed by atoms with Gasteiger partial charge in [0.15, 0.2) is 0 Å². The molecule has 2 heterocycles. The van der Waals surface area contributed by atoms with E-state index in [2.05, 4.69) is 4.72 Å². The summed E-state index contributed by atoms with van der Waals surface area (Å²) in [5.74, 6) is -0.908. The van der Waals surface area contributed by atoms with Crippen LogP contribution in [0.3, 0.4) is 0 Å². The number of hydrogen-bond donors (Lipinski definition) is 2. The number of benzene rings is 2. The summed E-state index contributed by atoms with van der Waals surface area (Å²) in [4.78, 5) is 11.3. The predicted molar refractivity (Wildman–Crippen MR) is 108 cm³/mol. The van der Waals surface area contributed by atoms with Gasteiger partial charge in [-0.1, -0.05) is 13.8 Å². The van der Waals surface area contributed by atoms with Crippen LogP contribution in [-0.2, 0) is 14.8 Å². The summed E-state index contributed by atoms with van der Waals surface area (Å²) in [5.41, 5.74) is 1.89. The van der Waals surface area contributed by atoms with Gasteiger partial charge in [0, 0.05) is 22.4 Å². The highest BCUT2D eigenvalue weighted by Crippen LogP contribution is 2.33. The SMILES string of the molecule is CC(C)[C@H](NS(=O)(=O)c1ccc2c(c1)oc1ccc(-c3ccco3)cc12)C(=O)O. The summed E-state index contributed by atoms with van der Waals surface area (Å²) in [7, 11) is -4.03. The van der Waals surface area contributed by atoms with Crippen LogP contribution in [0.2, 0.25) is 0 Å². The van der Waals surface area contributed by atoms with Gasteiger partial charge in [0.05, 0.1) is 11.2 Å². The third kappa shape index (κ3) is 3.52. The molecule has 0 amide bonds. The van der Waals surface area contributed by atoms with Crippen molar-refractivity contribution in [3.63, 3.8) is 0 Å². The third-order valence-corrected chi connectivity index (χ3v) is 6.21. The van der Waals surface area contributed by atoms with Crippen LogP contribution < -0.4 is 4.72 Å². The van der Waals surface area contributed by atoms with Crippen LogP contribution in [0.25, 0.3) is 33.3 Å². The molecule has 29 heavy (non-hydrogen) atoms. The standard InChI is InChI=1S/C21H19NO6S/c1-12(2)20(21(23)24)22-29(25,26)14-6-7-15-16-10-13(17-4-3-9-27-17)5-8-18(16)28-19(15)11-14/h3-12,20,22H,1-2H3,(H,23,24)/t20-/m0/s1. The number of hydrogen-bond acceptors (Lipinski definition) is 5. The zero-order valence-electron chi connectivity index (χ0n) is 15.7. The Bertz CT molecular complexity index is 1300. The van der Waals surface area contributed by atoms with E-state index in [-0.39, 0.29) is 4.90 Å². The summed E-state index contributed by atoms with van der Waals surface area (Å²) >= 11 is 0. The Morgan fingerprint density at radius 1 is 1.03 bits per heavy atom. The predicted octanol–water partition coefficient (Wildman–Crippen LogP) is 4.23. The molecule has 7 nitrogen and oxygen atoms in total. The van der Waals surface area contributed by atoms with E-state index in [0.29, 0.717) is 11.2 Å². The number of aliphatic carboxylic acids is 1. The van der Waals surface area contributed by atoms with E-state index in [4.69, 9.17) is 8.83 Å². The molecular formula is C21H19NO6S. The molecule has 0 unspecified atom stereocenters. The first-order chi connectivity index (χ1) is 13.8. The van der Waals surface area contributed by atoms with Gasteiger partial charge in [-0.05, 0) is 48.4 Å². The van der Waals surface area contributed by atoms with E-state index in [0.717, 1.165) is 22.1 Å². The molecule has 0 radical (unpaired) electrons. The summed E-state index contributed by atoms with van der Waals surface area (Å²) in [5, 5.41) is 10.9. The highest BCUT2D eigenvalue weighted by atomic mass is 32.2. The molecule has 1 atom stereocenters. The molecule has 0 aliphatic carbocycles. The van der Waals surface area contributed by atoms with Crippen molar-refractivity contribution in [2.45, 2.75) is 24.8 Å². The van der Waals surface area contributed by atoms with Crippen molar-refractivity contribution in [2.75, 3.05) is 0 Å². The molecule has 4 aromatic rings. The van der Waals surface area contributed by atoms with Gasteiger partial charge in [0.1, 0.15) is 23.0 Å². The van der Waals surface area contributed by atoms with Crippen LogP contribution in [0, 0.1) is 5.92 Å². The lowest BCUT2D eigenvalue weighted by Crippen LogP contribution is -2.44. The quantitative estimate of drug-likeness (QED) is 0.489. The molecule has 0 saturated heterocycles. The van der Waals surface area contributed by atoms with Crippen molar-refractivity contribution in [3.8, 4) is 11.3 Å². The van der Waals surface area contributed by atoms with E-state index in [1.165, 1.54) is 12.1 Å². The molecule has 8 heteroatoms. The molecule has 2 aromatic heterocycles. The highest BCUT2D eigenvalue weighted by molar-refractivity contribution is 7.89. The van der Waals surface area contributed by atoms with Crippen molar-refractivity contribution in [1.29, 1.82) is 0 Å². The maximum absolute atomic E-state index is 12.7. The minimum atomic E-state index is -4.03. The number of rotatable bonds is 6. The molecule has 0 saturated carbocycles. The smallest absolute Gasteiger partial charge is 0.322 e. The maximum atomic E-state index is 12.7. The average Bonchev–Trinajstić information content (AvgIpc) is 3.32. The molecule has 0 bridgehead atoms. The van der Waals surface area contributed by atoms with E-state index in [1.807, 2.05) is 18.2 Å². The van der Waals surface area contributed by atoms with Crippen LogP contribution in [0.1, 0.15) is 13.8 Å². The molecule has 2 N–H and O–H groups in total. The fourth-order valence-electron chi connectivity index (χ4n) is 3.23. The second-order valence-electron chi connectivity index (χ2n) is 7.13. The van der Waals surface area contributed by atoms with Crippen molar-refractivity contribution >= 4 is 37.9 Å². The Morgan fingerprint density at radius 2 is 1.83 bits per heavy atom. The Hall–Kier alpha value is -3.10. The molecule has 4 rings (SSSR count). The van der Waals surface area contributed by atoms with Gasteiger partial charge in [0.2, 0.25) is 10.0 Å². The Labute approximate surface area is 167 Å². The zero-order chi connectivity index (χ0) is 20.8. The first kappa shape index (κ1) is 19.2. The number of fused-ring (bicyclic) bond motifs is 3. The lowest BCUT2D eigenvalue weighted by atomic mass is 10.1. The molecule has 150 valence electrons. The Morgan fingerprint density at radius 3 is 2.48 bits per heavy atom. The fraction of sp³-hybridized carbons (Fsp3) is 0.190. The zero-order valence-corrected chi connectivity index (χ0v) is 16.6. The van der Waals surface area contributed by atoms with Crippen molar-refractivity contribution in [2.24, 2.45) is 5.92 Å². The summed E-state index contributed by atoms with van der Waals surface area (Å²) in [6, 6.07) is 12.5. The summed E-state index contributed by atoms with van der Waals surface area (Å²) in [6.45, 7) is 3.28. The van der Waals surface area contributed by atoms with Crippen LogP contribution in [0.5, 0.6) is 0 Å². The van der Waals surface area contributed by atoms with Gasteiger partial charge in [-0.15, -0.1) is 0 Å². The monoisotopic (exact) mass is 413 g/mol. The van der Waals surface area contributed by atoms with Gasteiger partial charge in [-0.3, -0.25) is 4.79 Å². The molecule has 0 fully saturated rings. The molecule has 0 aliphatic rings. The number of carboxylic acid groups (broad SMARTS) is 1. The molecule has 0 aliphatic heterocycles. The van der Waals surface area contributed by atoms with Crippen molar-refractivity contribution < 1.29 is 27.2 Å². The van der Waals surface area contributed by atoms with Gasteiger partial charge in [0.25, 0.3) is 0 Å². The van der Waals surface area contributed by atoms with E-state index < -0.39 is 28.0 Å². The van der Waals surface area contributed by atoms with Crippen molar-refractivity contribution in [1.82, 2.24) is 4.72 Å². The van der Waals surface area contributed by atoms with Gasteiger partial charge >= 0.3 is 5.97 Å². The minimum Gasteiger partial charge on any atom is -0.480 e. The van der Waals surface area contributed by atoms with Gasteiger partial charge in [-0.25, -0.2) is 8.42 Å². The second kappa shape index (κ2) is 7.06. The number of furan rings is 2. The van der Waals surface area contributed by atoms with Crippen LogP contribution >= 0.6 is 0 Å². The number of carboxylic acids is 1. The molecule has 0 spiro atoms. The minimum absolute atomic E-state index is 0.0535. The van der Waals surface area contributed by atoms with E-state index in [1.54, 1.807) is 38.3 Å². The third-order valence-electron chi connectivity index (χ3n) is 4.77. The molecule has 2 aromatic carbocycles. The Kier molecular flexibility index (Phi) is 4.68. The van der Waals surface area contributed by atoms with Gasteiger partial charge in [-0.2, -0.15) is 4.72 Å². The van der Waals surface area contributed by atoms with Crippen molar-refractivity contribution in [3.05, 3.63) is 54.8 Å². The van der Waals surface area contributed by atoms with Crippen LogP contribution in [0.4, 0.5) is 0 Å². The summed E-state index contributed by atoms with van der Waals surface area (Å²) in [6.07, 6.45) is 1.60. The average molecular weight is 413 g/mol. The van der Waals surface area contributed by atoms with E-state index >= 15 is 0 Å². The fourth-order valence-corrected chi connectivity index (χ4v) is 4.58. The van der Waals surface area contributed by atoms with Crippen LogP contribution in [-0.4, -0.2) is 25.5 Å². The number of sulfonamides is 1. The highest BCUT2D eigenvalue weighted by Gasteiger charge is 2.28. The lowest BCUT2D eigenvalue weighted by Gasteiger charge is -2.17. The number of nitrogens with one attached hydrogen (secondary N) is 1. The normalized spacial score (nSPS) is 13.3. The maximum Gasteiger partial charge on any atom is 0.322 e. The first-order valence-corrected chi connectivity index (χ1v) is 10.5. The second-order valence-corrected chi connectivity index (χ2v) is 8.84. The van der Waals surface area contributed by atoms with Crippen LogP contribution in [0.15, 0.2) is 68.5 Å². The van der Waals surface area contributed by atoms with Gasteiger partial charge < -0.3 is 13.9 Å². The number of carbonyl (C=O) groups is 1. The topological polar surface area (TPSA) is 110 Å². The van der Waals surface area contributed by atoms with E-state index in [9.17, 15) is 18.3 Å². The molecular weight excluding hydrogens is 394 g/mol. The Balaban J connectivity index is 1.76. The lowest BCUT2D eigenvalue weighted by molar-refractivity contribution is -0.140. The summed E-state index contributed by atoms with van der Waals surface area (Å²) < 4.78 is 38.9.